The van der Waals surface area contributed by atoms with E-state index in [0.717, 1.165) is 51.0 Å². The van der Waals surface area contributed by atoms with Crippen LogP contribution in [0.2, 0.25) is 0 Å². The Balaban J connectivity index is 1.96. The van der Waals surface area contributed by atoms with Gasteiger partial charge in [0.15, 0.2) is 0 Å². The summed E-state index contributed by atoms with van der Waals surface area (Å²) in [5, 5.41) is 3.39. The molecular formula is C18H30N4O. The van der Waals surface area contributed by atoms with Crippen LogP contribution in [0, 0.1) is 0 Å². The summed E-state index contributed by atoms with van der Waals surface area (Å²) in [5.74, 6) is 0.0773. The minimum Gasteiger partial charge on any atom is -0.385 e. The Labute approximate surface area is 140 Å². The van der Waals surface area contributed by atoms with Crippen molar-refractivity contribution in [2.24, 2.45) is 0 Å². The summed E-state index contributed by atoms with van der Waals surface area (Å²) in [6.45, 7) is 4.97. The summed E-state index contributed by atoms with van der Waals surface area (Å²) in [6, 6.07) is 4.19. The van der Waals surface area contributed by atoms with Gasteiger partial charge in [-0.25, -0.2) is 0 Å². The number of nitrogens with zero attached hydrogens (tertiary/aromatic N) is 3. The Morgan fingerprint density at radius 1 is 1.43 bits per heavy atom. The average Bonchev–Trinajstić information content (AvgIpc) is 2.58. The second-order valence-electron chi connectivity index (χ2n) is 6.57. The van der Waals surface area contributed by atoms with Crippen molar-refractivity contribution in [1.29, 1.82) is 0 Å². The highest BCUT2D eigenvalue weighted by Gasteiger charge is 2.26. The largest absolute Gasteiger partial charge is 0.385 e. The smallest absolute Gasteiger partial charge is 0.272 e. The van der Waals surface area contributed by atoms with Gasteiger partial charge < -0.3 is 15.1 Å². The third kappa shape index (κ3) is 5.20. The van der Waals surface area contributed by atoms with Gasteiger partial charge >= 0.3 is 0 Å². The van der Waals surface area contributed by atoms with E-state index in [1.165, 1.54) is 6.42 Å². The Kier molecular flexibility index (Phi) is 6.84. The molecule has 1 atom stereocenters. The van der Waals surface area contributed by atoms with Crippen LogP contribution in [0.4, 0.5) is 5.69 Å². The van der Waals surface area contributed by atoms with Gasteiger partial charge in [-0.3, -0.25) is 9.78 Å². The second-order valence-corrected chi connectivity index (χ2v) is 6.57. The number of rotatable bonds is 7. The molecule has 1 unspecified atom stereocenters. The van der Waals surface area contributed by atoms with E-state index in [-0.39, 0.29) is 5.91 Å². The van der Waals surface area contributed by atoms with Crippen LogP contribution in [0.1, 0.15) is 49.5 Å². The molecule has 128 valence electrons. The van der Waals surface area contributed by atoms with Gasteiger partial charge in [-0.1, -0.05) is 6.92 Å². The number of nitrogens with one attached hydrogen (secondary N) is 1. The number of hydrogen-bond acceptors (Lipinski definition) is 4. The van der Waals surface area contributed by atoms with Crippen LogP contribution < -0.4 is 5.32 Å². The predicted octanol–water partition coefficient (Wildman–Crippen LogP) is 2.85. The molecule has 0 saturated carbocycles. The molecule has 1 amide bonds. The number of pyridine rings is 1. The molecule has 2 heterocycles. The van der Waals surface area contributed by atoms with Crippen molar-refractivity contribution in [2.75, 3.05) is 39.0 Å². The van der Waals surface area contributed by atoms with E-state index in [2.05, 4.69) is 36.2 Å². The molecule has 0 aliphatic carbocycles. The molecule has 1 aromatic heterocycles. The molecule has 1 N–H and O–H groups in total. The predicted molar refractivity (Wildman–Crippen MR) is 94.9 cm³/mol. The SMILES string of the molecule is CCC1CCCCN1C(=O)c1cc(NCCCN(C)C)ccn1. The highest BCUT2D eigenvalue weighted by atomic mass is 16.2. The lowest BCUT2D eigenvalue weighted by Crippen LogP contribution is -2.43. The fourth-order valence-corrected chi connectivity index (χ4v) is 3.13. The first kappa shape index (κ1) is 17.7. The zero-order valence-corrected chi connectivity index (χ0v) is 14.7. The van der Waals surface area contributed by atoms with Crippen LogP contribution in [-0.4, -0.2) is 60.5 Å². The molecule has 1 aliphatic rings. The molecule has 0 bridgehead atoms. The summed E-state index contributed by atoms with van der Waals surface area (Å²) >= 11 is 0. The number of amides is 1. The first-order valence-corrected chi connectivity index (χ1v) is 8.77. The van der Waals surface area contributed by atoms with E-state index in [1.54, 1.807) is 6.20 Å². The van der Waals surface area contributed by atoms with Crippen LogP contribution in [-0.2, 0) is 0 Å². The maximum atomic E-state index is 12.8. The van der Waals surface area contributed by atoms with Crippen LogP contribution in [0.15, 0.2) is 18.3 Å². The van der Waals surface area contributed by atoms with Crippen LogP contribution in [0.25, 0.3) is 0 Å². The quantitative estimate of drug-likeness (QED) is 0.785. The summed E-state index contributed by atoms with van der Waals surface area (Å²) < 4.78 is 0. The van der Waals surface area contributed by atoms with E-state index < -0.39 is 0 Å². The molecule has 2 rings (SSSR count). The lowest BCUT2D eigenvalue weighted by Gasteiger charge is -2.35. The van der Waals surface area contributed by atoms with Crippen molar-refractivity contribution in [3.05, 3.63) is 24.0 Å². The summed E-state index contributed by atoms with van der Waals surface area (Å²) in [5.41, 5.74) is 1.54. The highest BCUT2D eigenvalue weighted by molar-refractivity contribution is 5.93. The first-order valence-electron chi connectivity index (χ1n) is 8.77. The maximum absolute atomic E-state index is 12.8. The average molecular weight is 318 g/mol. The maximum Gasteiger partial charge on any atom is 0.272 e. The Morgan fingerprint density at radius 2 is 2.26 bits per heavy atom. The van der Waals surface area contributed by atoms with Crippen LogP contribution in [0.3, 0.4) is 0 Å². The topological polar surface area (TPSA) is 48.5 Å². The molecular weight excluding hydrogens is 288 g/mol. The van der Waals surface area contributed by atoms with E-state index in [1.807, 2.05) is 17.0 Å². The monoisotopic (exact) mass is 318 g/mol. The second kappa shape index (κ2) is 8.87. The van der Waals surface area contributed by atoms with Gasteiger partial charge in [0.05, 0.1) is 0 Å². The first-order chi connectivity index (χ1) is 11.1. The number of piperidine rings is 1. The third-order valence-electron chi connectivity index (χ3n) is 4.45. The molecule has 23 heavy (non-hydrogen) atoms. The molecule has 0 radical (unpaired) electrons. The van der Waals surface area contributed by atoms with Gasteiger partial charge in [-0.15, -0.1) is 0 Å². The molecule has 5 nitrogen and oxygen atoms in total. The summed E-state index contributed by atoms with van der Waals surface area (Å²) in [4.78, 5) is 21.3. The van der Waals surface area contributed by atoms with Crippen molar-refractivity contribution >= 4 is 11.6 Å². The molecule has 1 aromatic rings. The molecule has 1 aliphatic heterocycles. The zero-order valence-electron chi connectivity index (χ0n) is 14.7. The van der Waals surface area contributed by atoms with E-state index in [9.17, 15) is 4.79 Å². The lowest BCUT2D eigenvalue weighted by molar-refractivity contribution is 0.0602. The van der Waals surface area contributed by atoms with Crippen molar-refractivity contribution in [1.82, 2.24) is 14.8 Å². The van der Waals surface area contributed by atoms with E-state index >= 15 is 0 Å². The van der Waals surface area contributed by atoms with E-state index in [0.29, 0.717) is 11.7 Å². The molecule has 0 aromatic carbocycles. The van der Waals surface area contributed by atoms with Gasteiger partial charge in [0.25, 0.3) is 5.91 Å². The summed E-state index contributed by atoms with van der Waals surface area (Å²) in [6.07, 6.45) is 7.27. The highest BCUT2D eigenvalue weighted by Crippen LogP contribution is 2.22. The van der Waals surface area contributed by atoms with Gasteiger partial charge in [0, 0.05) is 31.0 Å². The summed E-state index contributed by atoms with van der Waals surface area (Å²) in [7, 11) is 4.15. The van der Waals surface area contributed by atoms with Crippen LogP contribution >= 0.6 is 0 Å². The minimum atomic E-state index is 0.0773. The van der Waals surface area contributed by atoms with Gasteiger partial charge in [-0.05, 0) is 64.9 Å². The zero-order chi connectivity index (χ0) is 16.7. The number of carbonyl (C=O) groups excluding carboxylic acids is 1. The van der Waals surface area contributed by atoms with E-state index in [4.69, 9.17) is 0 Å². The lowest BCUT2D eigenvalue weighted by atomic mass is 9.99. The van der Waals surface area contributed by atoms with Gasteiger partial charge in [0.1, 0.15) is 5.69 Å². The Morgan fingerprint density at radius 3 is 3.00 bits per heavy atom. The number of anilines is 1. The van der Waals surface area contributed by atoms with Gasteiger partial charge in [-0.2, -0.15) is 0 Å². The molecule has 1 saturated heterocycles. The Hall–Kier alpha value is -1.62. The normalized spacial score (nSPS) is 18.3. The van der Waals surface area contributed by atoms with Crippen molar-refractivity contribution < 1.29 is 4.79 Å². The minimum absolute atomic E-state index is 0.0773. The van der Waals surface area contributed by atoms with Gasteiger partial charge in [0.2, 0.25) is 0 Å². The Bertz CT molecular complexity index is 504. The molecule has 0 spiro atoms. The molecule has 1 fully saturated rings. The molecule has 5 heteroatoms. The number of carbonyl (C=O) groups is 1. The van der Waals surface area contributed by atoms with Crippen LogP contribution in [0.5, 0.6) is 0 Å². The standard InChI is InChI=1S/C18H30N4O/c1-4-16-8-5-6-13-22(16)18(23)17-14-15(9-11-20-17)19-10-7-12-21(2)3/h9,11,14,16H,4-8,10,12-13H2,1-3H3,(H,19,20). The number of likely N-dealkylation sites (tertiary alicyclic amines) is 1. The number of aromatic nitrogens is 1. The fourth-order valence-electron chi connectivity index (χ4n) is 3.13. The van der Waals surface area contributed by atoms with Crippen molar-refractivity contribution in [2.45, 2.75) is 45.1 Å². The van der Waals surface area contributed by atoms with Crippen molar-refractivity contribution in [3.63, 3.8) is 0 Å². The third-order valence-corrected chi connectivity index (χ3v) is 4.45. The number of hydrogen-bond donors (Lipinski definition) is 1. The fraction of sp³-hybridized carbons (Fsp3) is 0.667. The van der Waals surface area contributed by atoms with Crippen molar-refractivity contribution in [3.8, 4) is 0 Å².